The summed E-state index contributed by atoms with van der Waals surface area (Å²) in [5.41, 5.74) is 14.5. The Labute approximate surface area is 117 Å². The van der Waals surface area contributed by atoms with E-state index in [2.05, 4.69) is 32.0 Å². The minimum atomic E-state index is -0.499. The van der Waals surface area contributed by atoms with E-state index in [0.717, 1.165) is 9.79 Å². The highest BCUT2D eigenvalue weighted by molar-refractivity contribution is 7.99. The Hall–Kier alpha value is -1.94. The average Bonchev–Trinajstić information content (AvgIpc) is 2.34. The minimum Gasteiger partial charge on any atom is -0.397 e. The number of aryl methyl sites for hydroxylation is 2. The Morgan fingerprint density at radius 3 is 2.47 bits per heavy atom. The lowest BCUT2D eigenvalue weighted by atomic mass is 10.2. The lowest BCUT2D eigenvalue weighted by Gasteiger charge is -2.10. The molecule has 2 rings (SSSR count). The second-order valence-corrected chi connectivity index (χ2v) is 5.54. The van der Waals surface area contributed by atoms with Crippen LogP contribution in [0.25, 0.3) is 0 Å². The third kappa shape index (κ3) is 2.90. The fraction of sp³-hybridized carbons (Fsp3) is 0.133. The van der Waals surface area contributed by atoms with Gasteiger partial charge >= 0.3 is 0 Å². The molecule has 3 nitrogen and oxygen atoms in total. The van der Waals surface area contributed by atoms with Crippen molar-refractivity contribution >= 4 is 23.4 Å². The van der Waals surface area contributed by atoms with Crippen molar-refractivity contribution in [1.29, 1.82) is 0 Å². The van der Waals surface area contributed by atoms with Crippen LogP contribution in [-0.2, 0) is 0 Å². The van der Waals surface area contributed by atoms with Crippen LogP contribution in [0.2, 0.25) is 0 Å². The molecule has 2 aromatic rings. The number of rotatable bonds is 3. The van der Waals surface area contributed by atoms with Crippen molar-refractivity contribution in [2.24, 2.45) is 5.73 Å². The van der Waals surface area contributed by atoms with Gasteiger partial charge in [-0.15, -0.1) is 0 Å². The summed E-state index contributed by atoms with van der Waals surface area (Å²) in [6.45, 7) is 4.12. The molecule has 0 fully saturated rings. The summed E-state index contributed by atoms with van der Waals surface area (Å²) in [4.78, 5) is 13.2. The number of carbonyl (C=O) groups is 1. The number of carbonyl (C=O) groups excluding carboxylic acids is 1. The molecule has 0 atom stereocenters. The topological polar surface area (TPSA) is 69.1 Å². The molecule has 0 unspecified atom stereocenters. The zero-order chi connectivity index (χ0) is 14.0. The normalized spacial score (nSPS) is 10.4. The van der Waals surface area contributed by atoms with Crippen LogP contribution in [0, 0.1) is 13.8 Å². The molecule has 2 aromatic carbocycles. The first kappa shape index (κ1) is 13.5. The maximum absolute atomic E-state index is 11.3. The van der Waals surface area contributed by atoms with Crippen molar-refractivity contribution in [3.8, 4) is 0 Å². The van der Waals surface area contributed by atoms with Crippen LogP contribution in [0.1, 0.15) is 21.5 Å². The molecular formula is C15H16N2OS. The van der Waals surface area contributed by atoms with Crippen LogP contribution in [0.4, 0.5) is 5.69 Å². The Bertz CT molecular complexity index is 638. The van der Waals surface area contributed by atoms with E-state index < -0.39 is 5.91 Å². The molecular weight excluding hydrogens is 256 g/mol. The molecule has 98 valence electrons. The smallest absolute Gasteiger partial charge is 0.250 e. The molecule has 0 saturated heterocycles. The van der Waals surface area contributed by atoms with Gasteiger partial charge in [0.1, 0.15) is 0 Å². The van der Waals surface area contributed by atoms with Gasteiger partial charge in [0.2, 0.25) is 0 Å². The van der Waals surface area contributed by atoms with Gasteiger partial charge in [-0.25, -0.2) is 0 Å². The summed E-state index contributed by atoms with van der Waals surface area (Å²) < 4.78 is 0. The van der Waals surface area contributed by atoms with Crippen LogP contribution >= 0.6 is 11.8 Å². The van der Waals surface area contributed by atoms with E-state index in [4.69, 9.17) is 11.5 Å². The molecule has 0 aliphatic heterocycles. The number of para-hydroxylation sites is 1. The van der Waals surface area contributed by atoms with E-state index in [0.29, 0.717) is 11.3 Å². The standard InChI is InChI=1S/C15H16N2OS/c1-9-6-7-12(10(2)8-9)19-13-5-3-4-11(14(13)16)15(17)18/h3-8H,16H2,1-2H3,(H2,17,18). The quantitative estimate of drug-likeness (QED) is 0.843. The zero-order valence-electron chi connectivity index (χ0n) is 10.9. The third-order valence-corrected chi connectivity index (χ3v) is 4.14. The number of anilines is 1. The summed E-state index contributed by atoms with van der Waals surface area (Å²) >= 11 is 1.55. The summed E-state index contributed by atoms with van der Waals surface area (Å²) in [5.74, 6) is -0.499. The predicted molar refractivity (Wildman–Crippen MR) is 79.4 cm³/mol. The molecule has 0 bridgehead atoms. The molecule has 4 heteroatoms. The van der Waals surface area contributed by atoms with Crippen molar-refractivity contribution in [3.05, 3.63) is 53.1 Å². The molecule has 0 spiro atoms. The van der Waals surface area contributed by atoms with Crippen molar-refractivity contribution in [2.45, 2.75) is 23.6 Å². The van der Waals surface area contributed by atoms with Gasteiger partial charge in [-0.05, 0) is 37.6 Å². The fourth-order valence-corrected chi connectivity index (χ4v) is 2.84. The van der Waals surface area contributed by atoms with Crippen molar-refractivity contribution in [1.82, 2.24) is 0 Å². The van der Waals surface area contributed by atoms with E-state index in [1.807, 2.05) is 6.07 Å². The lowest BCUT2D eigenvalue weighted by molar-refractivity contribution is 0.100. The van der Waals surface area contributed by atoms with Gasteiger partial charge in [-0.3, -0.25) is 4.79 Å². The van der Waals surface area contributed by atoms with Gasteiger partial charge < -0.3 is 11.5 Å². The van der Waals surface area contributed by atoms with Crippen molar-refractivity contribution in [2.75, 3.05) is 5.73 Å². The van der Waals surface area contributed by atoms with E-state index in [1.54, 1.807) is 23.9 Å². The van der Waals surface area contributed by atoms with E-state index in [-0.39, 0.29) is 0 Å². The summed E-state index contributed by atoms with van der Waals surface area (Å²) in [5, 5.41) is 0. The monoisotopic (exact) mass is 272 g/mol. The second kappa shape index (κ2) is 5.36. The number of primary amides is 1. The molecule has 0 radical (unpaired) electrons. The first-order valence-electron chi connectivity index (χ1n) is 5.92. The SMILES string of the molecule is Cc1ccc(Sc2cccc(C(N)=O)c2N)c(C)c1. The predicted octanol–water partition coefficient (Wildman–Crippen LogP) is 3.14. The largest absolute Gasteiger partial charge is 0.397 e. The fourth-order valence-electron chi connectivity index (χ4n) is 1.88. The number of hydrogen-bond donors (Lipinski definition) is 2. The van der Waals surface area contributed by atoms with Crippen LogP contribution in [0.3, 0.4) is 0 Å². The maximum atomic E-state index is 11.3. The Kier molecular flexibility index (Phi) is 3.81. The highest BCUT2D eigenvalue weighted by Crippen LogP contribution is 2.35. The highest BCUT2D eigenvalue weighted by atomic mass is 32.2. The van der Waals surface area contributed by atoms with Crippen molar-refractivity contribution < 1.29 is 4.79 Å². The van der Waals surface area contributed by atoms with Gasteiger partial charge in [-0.2, -0.15) is 0 Å². The molecule has 0 aliphatic carbocycles. The number of nitrogen functional groups attached to an aromatic ring is 1. The van der Waals surface area contributed by atoms with Gasteiger partial charge in [0, 0.05) is 9.79 Å². The number of amides is 1. The Morgan fingerprint density at radius 2 is 1.84 bits per heavy atom. The van der Waals surface area contributed by atoms with Crippen molar-refractivity contribution in [3.63, 3.8) is 0 Å². The van der Waals surface area contributed by atoms with Gasteiger partial charge in [0.15, 0.2) is 0 Å². The molecule has 1 amide bonds. The van der Waals surface area contributed by atoms with Crippen LogP contribution in [0.5, 0.6) is 0 Å². The molecule has 0 heterocycles. The summed E-state index contributed by atoms with van der Waals surface area (Å²) in [6, 6.07) is 11.6. The molecule has 0 aliphatic rings. The molecule has 4 N–H and O–H groups in total. The number of hydrogen-bond acceptors (Lipinski definition) is 3. The molecule has 0 aromatic heterocycles. The van der Waals surface area contributed by atoms with E-state index >= 15 is 0 Å². The zero-order valence-corrected chi connectivity index (χ0v) is 11.8. The maximum Gasteiger partial charge on any atom is 0.250 e. The highest BCUT2D eigenvalue weighted by Gasteiger charge is 2.11. The Balaban J connectivity index is 2.38. The molecule has 0 saturated carbocycles. The van der Waals surface area contributed by atoms with Crippen LogP contribution < -0.4 is 11.5 Å². The third-order valence-electron chi connectivity index (χ3n) is 2.88. The summed E-state index contributed by atoms with van der Waals surface area (Å²) in [6.07, 6.45) is 0. The second-order valence-electron chi connectivity index (χ2n) is 4.45. The van der Waals surface area contributed by atoms with E-state index in [1.165, 1.54) is 11.1 Å². The van der Waals surface area contributed by atoms with Gasteiger partial charge in [0.05, 0.1) is 11.3 Å². The van der Waals surface area contributed by atoms with Crippen LogP contribution in [0.15, 0.2) is 46.2 Å². The first-order chi connectivity index (χ1) is 8.99. The number of benzene rings is 2. The molecule has 19 heavy (non-hydrogen) atoms. The van der Waals surface area contributed by atoms with Gasteiger partial charge in [-0.1, -0.05) is 35.5 Å². The minimum absolute atomic E-state index is 0.370. The lowest BCUT2D eigenvalue weighted by Crippen LogP contribution is -2.13. The summed E-state index contributed by atoms with van der Waals surface area (Å²) in [7, 11) is 0. The van der Waals surface area contributed by atoms with E-state index in [9.17, 15) is 4.79 Å². The first-order valence-corrected chi connectivity index (χ1v) is 6.74. The van der Waals surface area contributed by atoms with Gasteiger partial charge in [0.25, 0.3) is 5.91 Å². The Morgan fingerprint density at radius 1 is 1.11 bits per heavy atom. The number of nitrogens with two attached hydrogens (primary N) is 2. The average molecular weight is 272 g/mol. The van der Waals surface area contributed by atoms with Crippen LogP contribution in [-0.4, -0.2) is 5.91 Å².